The number of hydrogen-bond donors (Lipinski definition) is 1. The molecule has 1 aromatic carbocycles. The molecule has 0 fully saturated rings. The summed E-state index contributed by atoms with van der Waals surface area (Å²) in [6, 6.07) is 7.00. The Labute approximate surface area is 123 Å². The Morgan fingerprint density at radius 1 is 1.47 bits per heavy atom. The third-order valence-electron chi connectivity index (χ3n) is 2.83. The van der Waals surface area contributed by atoms with Gasteiger partial charge in [-0.05, 0) is 30.2 Å². The maximum absolute atomic E-state index is 14.1. The van der Waals surface area contributed by atoms with Crippen LogP contribution in [0.25, 0.3) is 10.4 Å². The van der Waals surface area contributed by atoms with Crippen LogP contribution >= 0.6 is 27.3 Å². The first-order valence-electron chi connectivity index (χ1n) is 5.85. The zero-order chi connectivity index (χ0) is 14.0. The third kappa shape index (κ3) is 2.65. The normalized spacial score (nSPS) is 10.4. The summed E-state index contributed by atoms with van der Waals surface area (Å²) in [5.41, 5.74) is 7.85. The Balaban J connectivity index is 2.64. The number of thiophene rings is 1. The summed E-state index contributed by atoms with van der Waals surface area (Å²) in [5, 5.41) is 9.06. The molecule has 0 saturated heterocycles. The van der Waals surface area contributed by atoms with Crippen LogP contribution in [0.2, 0.25) is 0 Å². The monoisotopic (exact) mass is 338 g/mol. The fourth-order valence-electron chi connectivity index (χ4n) is 1.95. The van der Waals surface area contributed by atoms with Gasteiger partial charge in [-0.2, -0.15) is 5.26 Å². The molecule has 1 heterocycles. The molecule has 98 valence electrons. The van der Waals surface area contributed by atoms with Gasteiger partial charge in [0.1, 0.15) is 16.8 Å². The van der Waals surface area contributed by atoms with Crippen molar-refractivity contribution in [3.8, 4) is 16.5 Å². The number of benzene rings is 1. The van der Waals surface area contributed by atoms with E-state index in [4.69, 9.17) is 11.0 Å². The molecule has 1 aromatic heterocycles. The molecule has 0 atom stereocenters. The molecule has 2 rings (SSSR count). The highest BCUT2D eigenvalue weighted by molar-refractivity contribution is 9.10. The molecule has 0 aliphatic rings. The van der Waals surface area contributed by atoms with E-state index in [0.29, 0.717) is 20.6 Å². The zero-order valence-corrected chi connectivity index (χ0v) is 12.7. The molecule has 0 amide bonds. The maximum Gasteiger partial charge on any atom is 0.132 e. The summed E-state index contributed by atoms with van der Waals surface area (Å²) in [6.07, 6.45) is 1.64. The third-order valence-corrected chi connectivity index (χ3v) is 4.50. The topological polar surface area (TPSA) is 49.8 Å². The predicted octanol–water partition coefficient (Wildman–Crippen LogP) is 4.72. The van der Waals surface area contributed by atoms with Crippen molar-refractivity contribution in [2.75, 3.05) is 5.73 Å². The van der Waals surface area contributed by atoms with Crippen LogP contribution in [0, 0.1) is 17.1 Å². The lowest BCUT2D eigenvalue weighted by Crippen LogP contribution is -1.94. The molecular weight excluding hydrogens is 327 g/mol. The fourth-order valence-corrected chi connectivity index (χ4v) is 3.38. The molecular formula is C14H12BrFN2S. The van der Waals surface area contributed by atoms with E-state index in [1.165, 1.54) is 17.4 Å². The summed E-state index contributed by atoms with van der Waals surface area (Å²) in [7, 11) is 0. The van der Waals surface area contributed by atoms with Gasteiger partial charge in [0.15, 0.2) is 0 Å². The van der Waals surface area contributed by atoms with Gasteiger partial charge in [0.05, 0.1) is 5.69 Å². The number of halogens is 2. The predicted molar refractivity (Wildman–Crippen MR) is 80.5 cm³/mol. The molecule has 0 aliphatic carbocycles. The Hall–Kier alpha value is -1.38. The maximum atomic E-state index is 14.1. The van der Waals surface area contributed by atoms with E-state index >= 15 is 0 Å². The highest BCUT2D eigenvalue weighted by Gasteiger charge is 2.18. The van der Waals surface area contributed by atoms with Crippen LogP contribution < -0.4 is 5.73 Å². The van der Waals surface area contributed by atoms with Crippen LogP contribution in [0.3, 0.4) is 0 Å². The van der Waals surface area contributed by atoms with Crippen molar-refractivity contribution in [3.05, 3.63) is 38.9 Å². The number of anilines is 1. The lowest BCUT2D eigenvalue weighted by atomic mass is 10.0. The molecule has 0 radical (unpaired) electrons. The molecule has 0 spiro atoms. The van der Waals surface area contributed by atoms with Gasteiger partial charge >= 0.3 is 0 Å². The number of nitrogen functional groups attached to an aromatic ring is 1. The number of nitrogens with zero attached hydrogens (tertiary/aromatic N) is 1. The average Bonchev–Trinajstić information content (AvgIpc) is 2.68. The lowest BCUT2D eigenvalue weighted by Gasteiger charge is -2.05. The van der Waals surface area contributed by atoms with E-state index in [1.807, 2.05) is 6.92 Å². The average molecular weight is 339 g/mol. The van der Waals surface area contributed by atoms with E-state index in [0.717, 1.165) is 23.3 Å². The highest BCUT2D eigenvalue weighted by atomic mass is 79.9. The smallest absolute Gasteiger partial charge is 0.132 e. The highest BCUT2D eigenvalue weighted by Crippen LogP contribution is 2.40. The second kappa shape index (κ2) is 5.72. The van der Waals surface area contributed by atoms with Crippen molar-refractivity contribution >= 4 is 33.0 Å². The van der Waals surface area contributed by atoms with Crippen molar-refractivity contribution < 1.29 is 4.39 Å². The molecule has 0 bridgehead atoms. The van der Waals surface area contributed by atoms with E-state index < -0.39 is 0 Å². The molecule has 19 heavy (non-hydrogen) atoms. The van der Waals surface area contributed by atoms with Crippen LogP contribution in [-0.2, 0) is 6.42 Å². The molecule has 2 N–H and O–H groups in total. The van der Waals surface area contributed by atoms with Crippen molar-refractivity contribution in [3.63, 3.8) is 0 Å². The standard InChI is InChI=1S/C14H12BrFN2S/c1-2-3-10-13(18)12(7-17)19-14(10)9-5-4-8(15)6-11(9)16/h4-6H,2-3,18H2,1H3. The fraction of sp³-hybridized carbons (Fsp3) is 0.214. The first kappa shape index (κ1) is 14.0. The number of nitrogens with two attached hydrogens (primary N) is 1. The molecule has 5 heteroatoms. The molecule has 0 saturated carbocycles. The van der Waals surface area contributed by atoms with E-state index in [-0.39, 0.29) is 5.82 Å². The minimum atomic E-state index is -0.308. The van der Waals surface area contributed by atoms with Gasteiger partial charge in [-0.3, -0.25) is 0 Å². The van der Waals surface area contributed by atoms with Crippen molar-refractivity contribution in [2.45, 2.75) is 19.8 Å². The van der Waals surface area contributed by atoms with Crippen molar-refractivity contribution in [1.82, 2.24) is 0 Å². The Morgan fingerprint density at radius 3 is 2.79 bits per heavy atom. The van der Waals surface area contributed by atoms with Gasteiger partial charge in [0.25, 0.3) is 0 Å². The molecule has 2 aromatic rings. The Kier molecular flexibility index (Phi) is 4.23. The molecule has 0 aliphatic heterocycles. The summed E-state index contributed by atoms with van der Waals surface area (Å²) < 4.78 is 14.7. The second-order valence-corrected chi connectivity index (χ2v) is 6.07. The van der Waals surface area contributed by atoms with Gasteiger partial charge < -0.3 is 5.73 Å². The number of nitriles is 1. The van der Waals surface area contributed by atoms with Gasteiger partial charge in [0.2, 0.25) is 0 Å². The van der Waals surface area contributed by atoms with Crippen LogP contribution in [0.15, 0.2) is 22.7 Å². The molecule has 0 unspecified atom stereocenters. The van der Waals surface area contributed by atoms with E-state index in [9.17, 15) is 4.39 Å². The summed E-state index contributed by atoms with van der Waals surface area (Å²) in [6.45, 7) is 2.03. The van der Waals surface area contributed by atoms with Crippen LogP contribution in [0.1, 0.15) is 23.8 Å². The SMILES string of the molecule is CCCc1c(-c2ccc(Br)cc2F)sc(C#N)c1N. The largest absolute Gasteiger partial charge is 0.397 e. The van der Waals surface area contributed by atoms with Gasteiger partial charge in [-0.15, -0.1) is 11.3 Å². The van der Waals surface area contributed by atoms with Gasteiger partial charge in [-0.1, -0.05) is 29.3 Å². The first-order chi connectivity index (χ1) is 9.08. The van der Waals surface area contributed by atoms with Crippen LogP contribution in [-0.4, -0.2) is 0 Å². The Bertz CT molecular complexity index is 658. The van der Waals surface area contributed by atoms with Crippen LogP contribution in [0.4, 0.5) is 10.1 Å². The number of hydrogen-bond acceptors (Lipinski definition) is 3. The summed E-state index contributed by atoms with van der Waals surface area (Å²) in [5.74, 6) is -0.308. The van der Waals surface area contributed by atoms with Crippen molar-refractivity contribution in [2.24, 2.45) is 0 Å². The number of rotatable bonds is 3. The summed E-state index contributed by atoms with van der Waals surface area (Å²) in [4.78, 5) is 1.22. The summed E-state index contributed by atoms with van der Waals surface area (Å²) >= 11 is 4.50. The zero-order valence-electron chi connectivity index (χ0n) is 10.3. The Morgan fingerprint density at radius 2 is 2.21 bits per heavy atom. The molecule has 2 nitrogen and oxygen atoms in total. The van der Waals surface area contributed by atoms with Gasteiger partial charge in [-0.25, -0.2) is 4.39 Å². The van der Waals surface area contributed by atoms with E-state index in [1.54, 1.807) is 12.1 Å². The van der Waals surface area contributed by atoms with Gasteiger partial charge in [0, 0.05) is 14.9 Å². The first-order valence-corrected chi connectivity index (χ1v) is 7.46. The quantitative estimate of drug-likeness (QED) is 0.879. The van der Waals surface area contributed by atoms with Crippen molar-refractivity contribution in [1.29, 1.82) is 5.26 Å². The lowest BCUT2D eigenvalue weighted by molar-refractivity contribution is 0.630. The van der Waals surface area contributed by atoms with Crippen LogP contribution in [0.5, 0.6) is 0 Å². The minimum Gasteiger partial charge on any atom is -0.397 e. The minimum absolute atomic E-state index is 0.308. The second-order valence-electron chi connectivity index (χ2n) is 4.14. The van der Waals surface area contributed by atoms with E-state index in [2.05, 4.69) is 22.0 Å².